The van der Waals surface area contributed by atoms with E-state index in [1.165, 1.54) is 11.0 Å². The largest absolute Gasteiger partial charge is 0.368 e. The van der Waals surface area contributed by atoms with Crippen molar-refractivity contribution in [1.82, 2.24) is 14.5 Å². The van der Waals surface area contributed by atoms with E-state index in [0.717, 1.165) is 13.1 Å². The number of piperidine rings is 1. The van der Waals surface area contributed by atoms with Crippen LogP contribution in [0.15, 0.2) is 29.1 Å². The predicted octanol–water partition coefficient (Wildman–Crippen LogP) is 1.36. The second-order valence-corrected chi connectivity index (χ2v) is 7.04. The zero-order valence-corrected chi connectivity index (χ0v) is 14.2. The normalized spacial score (nSPS) is 21.9. The Morgan fingerprint density at radius 1 is 1.25 bits per heavy atom. The molecule has 2 N–H and O–H groups in total. The van der Waals surface area contributed by atoms with Crippen LogP contribution in [0.2, 0.25) is 0 Å². The number of hydrogen-bond donors (Lipinski definition) is 1. The number of hydrogen-bond acceptors (Lipinski definition) is 4. The summed E-state index contributed by atoms with van der Waals surface area (Å²) in [4.78, 5) is 31.1. The van der Waals surface area contributed by atoms with Gasteiger partial charge in [0.25, 0.3) is 5.56 Å². The minimum atomic E-state index is -0.532. The van der Waals surface area contributed by atoms with Crippen molar-refractivity contribution in [2.45, 2.75) is 33.4 Å². The Kier molecular flexibility index (Phi) is 4.66. The van der Waals surface area contributed by atoms with Crippen LogP contribution < -0.4 is 11.3 Å². The SMILES string of the molecule is C[C@@H]1C[C@H](C)CN(Cc2nc3ccccc3c(=O)n2CC(N)=O)C1. The molecule has 1 aromatic carbocycles. The lowest BCUT2D eigenvalue weighted by Gasteiger charge is -2.35. The van der Waals surface area contributed by atoms with Crippen LogP contribution in [0.5, 0.6) is 0 Å². The summed E-state index contributed by atoms with van der Waals surface area (Å²) < 4.78 is 1.43. The Labute approximate surface area is 141 Å². The van der Waals surface area contributed by atoms with E-state index in [0.29, 0.717) is 35.1 Å². The molecule has 1 aliphatic rings. The van der Waals surface area contributed by atoms with Gasteiger partial charge in [-0.1, -0.05) is 26.0 Å². The van der Waals surface area contributed by atoms with Gasteiger partial charge < -0.3 is 5.73 Å². The van der Waals surface area contributed by atoms with Gasteiger partial charge in [0.2, 0.25) is 5.91 Å². The molecule has 1 aliphatic heterocycles. The molecule has 128 valence electrons. The molecule has 0 saturated carbocycles. The molecule has 6 nitrogen and oxygen atoms in total. The molecule has 2 aromatic rings. The first-order valence-corrected chi connectivity index (χ1v) is 8.43. The average Bonchev–Trinajstić information content (AvgIpc) is 2.50. The fourth-order valence-electron chi connectivity index (χ4n) is 3.77. The fraction of sp³-hybridized carbons (Fsp3) is 0.500. The molecule has 0 aliphatic carbocycles. The van der Waals surface area contributed by atoms with Crippen LogP contribution in [0, 0.1) is 11.8 Å². The highest BCUT2D eigenvalue weighted by Crippen LogP contribution is 2.22. The highest BCUT2D eigenvalue weighted by Gasteiger charge is 2.23. The standard InChI is InChI=1S/C18H24N4O2/c1-12-7-13(2)9-21(8-12)11-17-20-15-6-4-3-5-14(15)18(24)22(17)10-16(19)23/h3-6,12-13H,7-11H2,1-2H3,(H2,19,23)/t12-,13+. The number of nitrogens with zero attached hydrogens (tertiary/aromatic N) is 3. The van der Waals surface area contributed by atoms with Crippen LogP contribution in [-0.2, 0) is 17.9 Å². The molecule has 1 saturated heterocycles. The van der Waals surface area contributed by atoms with Crippen LogP contribution >= 0.6 is 0 Å². The number of rotatable bonds is 4. The van der Waals surface area contributed by atoms with Crippen LogP contribution in [0.1, 0.15) is 26.1 Å². The van der Waals surface area contributed by atoms with Crippen molar-refractivity contribution < 1.29 is 4.79 Å². The molecule has 1 aromatic heterocycles. The lowest BCUT2D eigenvalue weighted by molar-refractivity contribution is -0.118. The quantitative estimate of drug-likeness (QED) is 0.919. The number of benzene rings is 1. The molecule has 0 radical (unpaired) electrons. The van der Waals surface area contributed by atoms with E-state index < -0.39 is 5.91 Å². The van der Waals surface area contributed by atoms with Gasteiger partial charge in [0, 0.05) is 13.1 Å². The van der Waals surface area contributed by atoms with Gasteiger partial charge in [-0.3, -0.25) is 19.1 Å². The molecule has 0 bridgehead atoms. The molecule has 2 atom stereocenters. The second kappa shape index (κ2) is 6.73. The van der Waals surface area contributed by atoms with Gasteiger partial charge in [-0.15, -0.1) is 0 Å². The van der Waals surface area contributed by atoms with Gasteiger partial charge in [-0.2, -0.15) is 0 Å². The Morgan fingerprint density at radius 2 is 1.92 bits per heavy atom. The summed E-state index contributed by atoms with van der Waals surface area (Å²) in [5.74, 6) is 1.31. The first-order valence-electron chi connectivity index (χ1n) is 8.43. The Balaban J connectivity index is 2.01. The van der Waals surface area contributed by atoms with Crippen LogP contribution in [0.25, 0.3) is 10.9 Å². The Morgan fingerprint density at radius 3 is 2.58 bits per heavy atom. The third-order valence-corrected chi connectivity index (χ3v) is 4.56. The number of carbonyl (C=O) groups excluding carboxylic acids is 1. The number of para-hydroxylation sites is 1. The van der Waals surface area contributed by atoms with E-state index in [2.05, 4.69) is 23.7 Å². The van der Waals surface area contributed by atoms with E-state index in [1.807, 2.05) is 12.1 Å². The van der Waals surface area contributed by atoms with Crippen LogP contribution in [0.3, 0.4) is 0 Å². The summed E-state index contributed by atoms with van der Waals surface area (Å²) in [5.41, 5.74) is 5.81. The lowest BCUT2D eigenvalue weighted by atomic mass is 9.92. The van der Waals surface area contributed by atoms with Crippen molar-refractivity contribution in [3.8, 4) is 0 Å². The molecule has 0 unspecified atom stereocenters. The van der Waals surface area contributed by atoms with Crippen molar-refractivity contribution in [1.29, 1.82) is 0 Å². The highest BCUT2D eigenvalue weighted by atomic mass is 16.2. The number of aromatic nitrogens is 2. The number of amides is 1. The monoisotopic (exact) mass is 328 g/mol. The third-order valence-electron chi connectivity index (χ3n) is 4.56. The van der Waals surface area contributed by atoms with E-state index in [-0.39, 0.29) is 12.1 Å². The first-order chi connectivity index (χ1) is 11.4. The topological polar surface area (TPSA) is 81.2 Å². The van der Waals surface area contributed by atoms with E-state index in [1.54, 1.807) is 12.1 Å². The van der Waals surface area contributed by atoms with Crippen LogP contribution in [-0.4, -0.2) is 33.4 Å². The first kappa shape index (κ1) is 16.6. The van der Waals surface area contributed by atoms with Crippen molar-refractivity contribution in [2.75, 3.05) is 13.1 Å². The van der Waals surface area contributed by atoms with Gasteiger partial charge in [0.1, 0.15) is 12.4 Å². The molecular formula is C18H24N4O2. The average molecular weight is 328 g/mol. The van der Waals surface area contributed by atoms with Crippen molar-refractivity contribution >= 4 is 16.8 Å². The molecule has 0 spiro atoms. The summed E-state index contributed by atoms with van der Waals surface area (Å²) in [6.45, 7) is 6.86. The molecule has 6 heteroatoms. The van der Waals surface area contributed by atoms with Crippen molar-refractivity contribution in [3.05, 3.63) is 40.4 Å². The number of nitrogens with two attached hydrogens (primary N) is 1. The third kappa shape index (κ3) is 3.48. The van der Waals surface area contributed by atoms with Gasteiger partial charge in [0.15, 0.2) is 0 Å². The van der Waals surface area contributed by atoms with Gasteiger partial charge in [0.05, 0.1) is 17.4 Å². The number of primary amides is 1. The number of carbonyl (C=O) groups is 1. The zero-order valence-electron chi connectivity index (χ0n) is 14.2. The van der Waals surface area contributed by atoms with Crippen molar-refractivity contribution in [3.63, 3.8) is 0 Å². The summed E-state index contributed by atoms with van der Waals surface area (Å²) in [6.07, 6.45) is 1.22. The highest BCUT2D eigenvalue weighted by molar-refractivity contribution is 5.78. The summed E-state index contributed by atoms with van der Waals surface area (Å²) >= 11 is 0. The smallest absolute Gasteiger partial charge is 0.261 e. The molecule has 24 heavy (non-hydrogen) atoms. The summed E-state index contributed by atoms with van der Waals surface area (Å²) in [7, 11) is 0. The second-order valence-electron chi connectivity index (χ2n) is 7.04. The number of fused-ring (bicyclic) bond motifs is 1. The molecule has 2 heterocycles. The maximum absolute atomic E-state index is 12.8. The molecular weight excluding hydrogens is 304 g/mol. The zero-order chi connectivity index (χ0) is 17.3. The van der Waals surface area contributed by atoms with Gasteiger partial charge >= 0.3 is 0 Å². The van der Waals surface area contributed by atoms with E-state index in [4.69, 9.17) is 5.73 Å². The van der Waals surface area contributed by atoms with Crippen LogP contribution in [0.4, 0.5) is 0 Å². The fourth-order valence-corrected chi connectivity index (χ4v) is 3.77. The van der Waals surface area contributed by atoms with Crippen molar-refractivity contribution in [2.24, 2.45) is 17.6 Å². The Bertz CT molecular complexity index is 804. The number of likely N-dealkylation sites (tertiary alicyclic amines) is 1. The predicted molar refractivity (Wildman–Crippen MR) is 93.4 cm³/mol. The minimum absolute atomic E-state index is 0.134. The minimum Gasteiger partial charge on any atom is -0.368 e. The van der Waals surface area contributed by atoms with E-state index in [9.17, 15) is 9.59 Å². The molecule has 3 rings (SSSR count). The maximum Gasteiger partial charge on any atom is 0.261 e. The summed E-state index contributed by atoms with van der Waals surface area (Å²) in [6, 6.07) is 7.23. The Hall–Kier alpha value is -2.21. The lowest BCUT2D eigenvalue weighted by Crippen LogP contribution is -2.40. The molecule has 1 amide bonds. The maximum atomic E-state index is 12.8. The summed E-state index contributed by atoms with van der Waals surface area (Å²) in [5, 5.41) is 0.517. The van der Waals surface area contributed by atoms with Gasteiger partial charge in [-0.25, -0.2) is 4.98 Å². The van der Waals surface area contributed by atoms with Gasteiger partial charge in [-0.05, 0) is 30.4 Å². The molecule has 1 fully saturated rings. The van der Waals surface area contributed by atoms with E-state index >= 15 is 0 Å².